The van der Waals surface area contributed by atoms with Crippen LogP contribution < -0.4 is 10.5 Å². The van der Waals surface area contributed by atoms with Crippen LogP contribution in [0.4, 0.5) is 0 Å². The maximum atomic E-state index is 12.2. The molecule has 0 heterocycles. The third-order valence-corrected chi connectivity index (χ3v) is 5.14. The Bertz CT molecular complexity index is 526. The van der Waals surface area contributed by atoms with E-state index in [4.69, 9.17) is 18.0 Å². The number of sulfonamides is 1. The van der Waals surface area contributed by atoms with Gasteiger partial charge in [0.05, 0.1) is 4.90 Å². The van der Waals surface area contributed by atoms with Gasteiger partial charge >= 0.3 is 0 Å². The molecule has 4 nitrogen and oxygen atoms in total. The molecule has 0 saturated carbocycles. The van der Waals surface area contributed by atoms with E-state index in [0.29, 0.717) is 5.56 Å². The van der Waals surface area contributed by atoms with E-state index in [-0.39, 0.29) is 15.9 Å². The summed E-state index contributed by atoms with van der Waals surface area (Å²) in [6.45, 7) is 1.96. The van der Waals surface area contributed by atoms with E-state index in [0.717, 1.165) is 12.2 Å². The summed E-state index contributed by atoms with van der Waals surface area (Å²) in [6.07, 6.45) is 2.71. The Morgan fingerprint density at radius 3 is 2.42 bits per heavy atom. The largest absolute Gasteiger partial charge is 0.389 e. The highest BCUT2D eigenvalue weighted by Gasteiger charge is 2.18. The first-order valence-corrected chi connectivity index (χ1v) is 9.10. The van der Waals surface area contributed by atoms with Crippen LogP contribution in [0.1, 0.15) is 18.9 Å². The standard InChI is InChI=1S/C12H18N2O2S3/c1-3-10(8-18-2)14-19(15,16)11-6-4-9(5-7-11)12(13)17/h4-7,10,14H,3,8H2,1-2H3,(H2,13,17). The Labute approximate surface area is 124 Å². The van der Waals surface area contributed by atoms with Crippen LogP contribution in [0.2, 0.25) is 0 Å². The van der Waals surface area contributed by atoms with Crippen molar-refractivity contribution in [3.63, 3.8) is 0 Å². The first-order valence-electron chi connectivity index (χ1n) is 5.81. The topological polar surface area (TPSA) is 72.2 Å². The van der Waals surface area contributed by atoms with Gasteiger partial charge in [0.15, 0.2) is 0 Å². The second-order valence-electron chi connectivity index (χ2n) is 4.07. The van der Waals surface area contributed by atoms with Crippen molar-refractivity contribution < 1.29 is 8.42 Å². The van der Waals surface area contributed by atoms with Gasteiger partial charge in [0.1, 0.15) is 4.99 Å². The summed E-state index contributed by atoms with van der Waals surface area (Å²) in [5.41, 5.74) is 6.14. The second-order valence-corrected chi connectivity index (χ2v) is 7.13. The van der Waals surface area contributed by atoms with Gasteiger partial charge in [-0.05, 0) is 24.8 Å². The van der Waals surface area contributed by atoms with Crippen LogP contribution in [0.15, 0.2) is 29.2 Å². The van der Waals surface area contributed by atoms with Gasteiger partial charge in [0.25, 0.3) is 0 Å². The lowest BCUT2D eigenvalue weighted by Crippen LogP contribution is -2.36. The predicted octanol–water partition coefficient (Wildman–Crippen LogP) is 1.74. The molecule has 1 rings (SSSR count). The minimum Gasteiger partial charge on any atom is -0.389 e. The molecule has 1 atom stereocenters. The number of nitrogens with one attached hydrogen (secondary N) is 1. The maximum absolute atomic E-state index is 12.2. The monoisotopic (exact) mass is 318 g/mol. The molecule has 0 bridgehead atoms. The first kappa shape index (κ1) is 16.4. The molecule has 0 saturated heterocycles. The Morgan fingerprint density at radius 2 is 2.00 bits per heavy atom. The second kappa shape index (κ2) is 7.23. The fraction of sp³-hybridized carbons (Fsp3) is 0.417. The van der Waals surface area contributed by atoms with Crippen LogP contribution in [0, 0.1) is 0 Å². The Hall–Kier alpha value is -0.630. The van der Waals surface area contributed by atoms with E-state index in [1.54, 1.807) is 23.9 Å². The van der Waals surface area contributed by atoms with Crippen LogP contribution in [0.25, 0.3) is 0 Å². The molecule has 0 spiro atoms. The van der Waals surface area contributed by atoms with Gasteiger partial charge in [-0.15, -0.1) is 0 Å². The van der Waals surface area contributed by atoms with Crippen molar-refractivity contribution in [1.82, 2.24) is 4.72 Å². The first-order chi connectivity index (χ1) is 8.90. The Kier molecular flexibility index (Phi) is 6.25. The highest BCUT2D eigenvalue weighted by Crippen LogP contribution is 2.13. The molecule has 1 aromatic carbocycles. The van der Waals surface area contributed by atoms with Gasteiger partial charge in [-0.1, -0.05) is 31.3 Å². The number of benzene rings is 1. The molecule has 3 N–H and O–H groups in total. The molecule has 0 aliphatic carbocycles. The van der Waals surface area contributed by atoms with E-state index in [1.165, 1.54) is 12.1 Å². The lowest BCUT2D eigenvalue weighted by Gasteiger charge is -2.16. The molecule has 0 aliphatic heterocycles. The molecular formula is C12H18N2O2S3. The van der Waals surface area contributed by atoms with Crippen molar-refractivity contribution in [2.45, 2.75) is 24.3 Å². The Balaban J connectivity index is 2.90. The van der Waals surface area contributed by atoms with E-state index in [2.05, 4.69) is 4.72 Å². The molecule has 0 fully saturated rings. The summed E-state index contributed by atoms with van der Waals surface area (Å²) >= 11 is 6.45. The zero-order valence-electron chi connectivity index (χ0n) is 10.9. The van der Waals surface area contributed by atoms with E-state index >= 15 is 0 Å². The highest BCUT2D eigenvalue weighted by molar-refractivity contribution is 7.98. The highest BCUT2D eigenvalue weighted by atomic mass is 32.2. The summed E-state index contributed by atoms with van der Waals surface area (Å²) < 4.78 is 27.0. The van der Waals surface area contributed by atoms with Gasteiger partial charge in [0.2, 0.25) is 10.0 Å². The van der Waals surface area contributed by atoms with E-state index in [1.807, 2.05) is 13.2 Å². The predicted molar refractivity (Wildman–Crippen MR) is 85.1 cm³/mol. The lowest BCUT2D eigenvalue weighted by molar-refractivity contribution is 0.558. The van der Waals surface area contributed by atoms with Crippen LogP contribution in [0.3, 0.4) is 0 Å². The van der Waals surface area contributed by atoms with E-state index in [9.17, 15) is 8.42 Å². The van der Waals surface area contributed by atoms with Crippen molar-refractivity contribution >= 4 is 39.0 Å². The van der Waals surface area contributed by atoms with Crippen molar-refractivity contribution in [3.8, 4) is 0 Å². The van der Waals surface area contributed by atoms with Crippen molar-refractivity contribution in [2.24, 2.45) is 5.73 Å². The normalized spacial score (nSPS) is 13.2. The molecule has 7 heteroatoms. The fourth-order valence-electron chi connectivity index (χ4n) is 1.52. The molecule has 1 unspecified atom stereocenters. The molecular weight excluding hydrogens is 300 g/mol. The molecule has 0 radical (unpaired) electrons. The van der Waals surface area contributed by atoms with Gasteiger partial charge in [0, 0.05) is 17.4 Å². The minimum absolute atomic E-state index is 0.0599. The summed E-state index contributed by atoms with van der Waals surface area (Å²) in [5.74, 6) is 0.751. The third kappa shape index (κ3) is 4.76. The molecule has 0 aromatic heterocycles. The van der Waals surface area contributed by atoms with Crippen molar-refractivity contribution in [1.29, 1.82) is 0 Å². The van der Waals surface area contributed by atoms with Gasteiger partial charge in [-0.2, -0.15) is 11.8 Å². The Morgan fingerprint density at radius 1 is 1.42 bits per heavy atom. The smallest absolute Gasteiger partial charge is 0.240 e. The van der Waals surface area contributed by atoms with Crippen LogP contribution >= 0.6 is 24.0 Å². The summed E-state index contributed by atoms with van der Waals surface area (Å²) in [7, 11) is -3.48. The summed E-state index contributed by atoms with van der Waals surface area (Å²) in [4.78, 5) is 0.484. The average Bonchev–Trinajstić information content (AvgIpc) is 2.38. The number of rotatable bonds is 7. The number of thiocarbonyl (C=S) groups is 1. The number of nitrogens with two attached hydrogens (primary N) is 1. The van der Waals surface area contributed by atoms with Gasteiger partial charge in [-0.3, -0.25) is 0 Å². The lowest BCUT2D eigenvalue weighted by atomic mass is 10.2. The summed E-state index contributed by atoms with van der Waals surface area (Å²) in [6, 6.07) is 6.21. The molecule has 0 aliphatic rings. The number of hydrogen-bond donors (Lipinski definition) is 2. The maximum Gasteiger partial charge on any atom is 0.240 e. The molecule has 19 heavy (non-hydrogen) atoms. The molecule has 0 amide bonds. The number of thioether (sulfide) groups is 1. The third-order valence-electron chi connectivity index (χ3n) is 2.63. The SMILES string of the molecule is CCC(CSC)NS(=O)(=O)c1ccc(C(N)=S)cc1. The number of hydrogen-bond acceptors (Lipinski definition) is 4. The fourth-order valence-corrected chi connectivity index (χ4v) is 3.80. The quantitative estimate of drug-likeness (QED) is 0.749. The zero-order chi connectivity index (χ0) is 14.5. The molecule has 106 valence electrons. The van der Waals surface area contributed by atoms with Crippen LogP contribution in [-0.2, 0) is 10.0 Å². The average molecular weight is 318 g/mol. The minimum atomic E-state index is -3.48. The van der Waals surface area contributed by atoms with Crippen LogP contribution in [0.5, 0.6) is 0 Å². The summed E-state index contributed by atoms with van der Waals surface area (Å²) in [5, 5.41) is 0. The zero-order valence-corrected chi connectivity index (χ0v) is 13.4. The molecule has 1 aromatic rings. The van der Waals surface area contributed by atoms with Crippen molar-refractivity contribution in [3.05, 3.63) is 29.8 Å². The van der Waals surface area contributed by atoms with Gasteiger partial charge < -0.3 is 5.73 Å². The van der Waals surface area contributed by atoms with Gasteiger partial charge in [-0.25, -0.2) is 13.1 Å². The van der Waals surface area contributed by atoms with Crippen LogP contribution in [-0.4, -0.2) is 31.5 Å². The van der Waals surface area contributed by atoms with E-state index < -0.39 is 10.0 Å². The van der Waals surface area contributed by atoms with Crippen molar-refractivity contribution in [2.75, 3.05) is 12.0 Å².